The molecule has 0 aliphatic heterocycles. The van der Waals surface area contributed by atoms with Crippen LogP contribution in [0.2, 0.25) is 0 Å². The van der Waals surface area contributed by atoms with Crippen LogP contribution < -0.4 is 0 Å². The van der Waals surface area contributed by atoms with E-state index in [2.05, 4.69) is 191 Å². The quantitative estimate of drug-likeness (QED) is 0.179. The van der Waals surface area contributed by atoms with E-state index in [9.17, 15) is 0 Å². The zero-order valence-electron chi connectivity index (χ0n) is 29.8. The van der Waals surface area contributed by atoms with Crippen LogP contribution in [0, 0.1) is 0 Å². The maximum Gasteiger partial charge on any atom is 0.137 e. The molecule has 0 fully saturated rings. The lowest BCUT2D eigenvalue weighted by Gasteiger charge is -2.11. The third-order valence-corrected chi connectivity index (χ3v) is 11.5. The predicted molar refractivity (Wildman–Crippen MR) is 231 cm³/mol. The fraction of sp³-hybridized carbons (Fsp3) is 0. The van der Waals surface area contributed by atoms with Gasteiger partial charge in [-0.05, 0) is 88.3 Å². The summed E-state index contributed by atoms with van der Waals surface area (Å²) in [5.41, 5.74) is 13.6. The highest BCUT2D eigenvalue weighted by atomic mass is 16.3. The molecule has 0 atom stereocenters. The first-order valence-corrected chi connectivity index (χ1v) is 18.8. The number of nitrogens with zero attached hydrogens (tertiary/aromatic N) is 2. The van der Waals surface area contributed by atoms with E-state index in [0.29, 0.717) is 0 Å². The van der Waals surface area contributed by atoms with E-state index in [1.165, 1.54) is 76.6 Å². The summed E-state index contributed by atoms with van der Waals surface area (Å²) >= 11 is 0. The van der Waals surface area contributed by atoms with Crippen molar-refractivity contribution in [1.82, 2.24) is 9.13 Å². The van der Waals surface area contributed by atoms with E-state index in [0.717, 1.165) is 33.3 Å². The minimum absolute atomic E-state index is 0.893. The average Bonchev–Trinajstić information content (AvgIpc) is 3.91. The van der Waals surface area contributed by atoms with Crippen LogP contribution in [0.4, 0.5) is 0 Å². The second-order valence-electron chi connectivity index (χ2n) is 14.5. The molecule has 0 aliphatic carbocycles. The Kier molecular flexibility index (Phi) is 6.34. The summed E-state index contributed by atoms with van der Waals surface area (Å²) in [4.78, 5) is 0. The Hall–Kier alpha value is -7.36. The highest BCUT2D eigenvalue weighted by molar-refractivity contribution is 6.20. The topological polar surface area (TPSA) is 23.0 Å². The van der Waals surface area contributed by atoms with Crippen molar-refractivity contribution in [1.29, 1.82) is 0 Å². The van der Waals surface area contributed by atoms with Crippen molar-refractivity contribution in [3.63, 3.8) is 0 Å². The van der Waals surface area contributed by atoms with Gasteiger partial charge in [-0.1, -0.05) is 127 Å². The first kappa shape index (κ1) is 30.1. The standard InChI is InChI=1S/C52H32N2O/c1-2-11-33(12-3-1)35-14-10-15-38(29-35)53-47-19-8-6-17-41(47)45-30-36(22-27-48(45)53)37-23-28-49-46(31-37)44-25-21-34-13-4-5-16-40(34)52(44)54(49)39-24-26-43-42-18-7-9-20-50(42)55-51(43)32-39/h1-32H. The molecule has 0 amide bonds. The number of aromatic nitrogens is 2. The number of hydrogen-bond acceptors (Lipinski definition) is 1. The summed E-state index contributed by atoms with van der Waals surface area (Å²) in [5.74, 6) is 0. The van der Waals surface area contributed by atoms with Gasteiger partial charge in [0.15, 0.2) is 0 Å². The van der Waals surface area contributed by atoms with Crippen molar-refractivity contribution in [3.8, 4) is 33.6 Å². The van der Waals surface area contributed by atoms with Crippen LogP contribution in [0.5, 0.6) is 0 Å². The molecule has 0 unspecified atom stereocenters. The maximum absolute atomic E-state index is 6.39. The van der Waals surface area contributed by atoms with Gasteiger partial charge in [-0.3, -0.25) is 0 Å². The maximum atomic E-state index is 6.39. The summed E-state index contributed by atoms with van der Waals surface area (Å²) in [6, 6.07) is 70.3. The molecule has 12 aromatic rings. The Morgan fingerprint density at radius 3 is 1.75 bits per heavy atom. The molecule has 0 bridgehead atoms. The van der Waals surface area contributed by atoms with Crippen LogP contribution in [-0.4, -0.2) is 9.13 Å². The zero-order valence-corrected chi connectivity index (χ0v) is 29.8. The van der Waals surface area contributed by atoms with E-state index >= 15 is 0 Å². The lowest BCUT2D eigenvalue weighted by Crippen LogP contribution is -1.94. The lowest BCUT2D eigenvalue weighted by atomic mass is 10.00. The largest absolute Gasteiger partial charge is 0.456 e. The molecule has 0 saturated heterocycles. The second kappa shape index (κ2) is 11.6. The first-order valence-electron chi connectivity index (χ1n) is 18.8. The molecule has 256 valence electrons. The molecular formula is C52H32N2O. The lowest BCUT2D eigenvalue weighted by molar-refractivity contribution is 0.668. The van der Waals surface area contributed by atoms with Crippen molar-refractivity contribution >= 4 is 76.3 Å². The molecule has 12 rings (SSSR count). The predicted octanol–water partition coefficient (Wildman–Crippen LogP) is 14.3. The van der Waals surface area contributed by atoms with Crippen molar-refractivity contribution < 1.29 is 4.42 Å². The second-order valence-corrected chi connectivity index (χ2v) is 14.5. The molecular weight excluding hydrogens is 669 g/mol. The number of para-hydroxylation sites is 2. The van der Waals surface area contributed by atoms with Crippen LogP contribution >= 0.6 is 0 Å². The normalized spacial score (nSPS) is 12.0. The zero-order chi connectivity index (χ0) is 36.0. The fourth-order valence-corrected chi connectivity index (χ4v) is 8.97. The number of hydrogen-bond donors (Lipinski definition) is 0. The molecule has 3 heteroatoms. The number of furan rings is 1. The van der Waals surface area contributed by atoms with E-state index in [1.807, 2.05) is 12.1 Å². The van der Waals surface area contributed by atoms with Crippen LogP contribution in [0.15, 0.2) is 199 Å². The average molecular weight is 701 g/mol. The first-order chi connectivity index (χ1) is 27.3. The summed E-state index contributed by atoms with van der Waals surface area (Å²) in [7, 11) is 0. The van der Waals surface area contributed by atoms with E-state index < -0.39 is 0 Å². The van der Waals surface area contributed by atoms with Gasteiger partial charge in [-0.15, -0.1) is 0 Å². The summed E-state index contributed by atoms with van der Waals surface area (Å²) in [5, 5.41) is 9.67. The monoisotopic (exact) mass is 700 g/mol. The van der Waals surface area contributed by atoms with Gasteiger partial charge in [0.2, 0.25) is 0 Å². The third-order valence-electron chi connectivity index (χ3n) is 11.5. The molecule has 3 nitrogen and oxygen atoms in total. The highest BCUT2D eigenvalue weighted by Gasteiger charge is 2.19. The Morgan fingerprint density at radius 1 is 0.291 bits per heavy atom. The van der Waals surface area contributed by atoms with Gasteiger partial charge in [0.25, 0.3) is 0 Å². The van der Waals surface area contributed by atoms with Gasteiger partial charge in [0, 0.05) is 55.1 Å². The summed E-state index contributed by atoms with van der Waals surface area (Å²) in [6.45, 7) is 0. The van der Waals surface area contributed by atoms with Crippen LogP contribution in [-0.2, 0) is 0 Å². The molecule has 3 heterocycles. The van der Waals surface area contributed by atoms with Crippen LogP contribution in [0.25, 0.3) is 110 Å². The Labute approximate surface area is 316 Å². The minimum atomic E-state index is 0.893. The SMILES string of the molecule is c1ccc(-c2cccc(-n3c4ccccc4c4cc(-c5ccc6c(c5)c5ccc7ccccc7c5n6-c5ccc6c(c5)oc5ccccc56)ccc43)c2)cc1. The number of benzene rings is 9. The Bertz CT molecular complexity index is 3490. The summed E-state index contributed by atoms with van der Waals surface area (Å²) in [6.07, 6.45) is 0. The van der Waals surface area contributed by atoms with Gasteiger partial charge in [-0.25, -0.2) is 0 Å². The molecule has 55 heavy (non-hydrogen) atoms. The molecule has 9 aromatic carbocycles. The number of fused-ring (bicyclic) bond motifs is 11. The van der Waals surface area contributed by atoms with Crippen molar-refractivity contribution in [3.05, 3.63) is 194 Å². The van der Waals surface area contributed by atoms with Gasteiger partial charge >= 0.3 is 0 Å². The molecule has 0 saturated carbocycles. The van der Waals surface area contributed by atoms with Crippen molar-refractivity contribution in [2.24, 2.45) is 0 Å². The van der Waals surface area contributed by atoms with E-state index in [-0.39, 0.29) is 0 Å². The van der Waals surface area contributed by atoms with Gasteiger partial charge < -0.3 is 13.6 Å². The van der Waals surface area contributed by atoms with Gasteiger partial charge in [-0.2, -0.15) is 0 Å². The molecule has 3 aromatic heterocycles. The fourth-order valence-electron chi connectivity index (χ4n) is 8.97. The number of rotatable bonds is 4. The van der Waals surface area contributed by atoms with Crippen LogP contribution in [0.1, 0.15) is 0 Å². The van der Waals surface area contributed by atoms with E-state index in [4.69, 9.17) is 4.42 Å². The Balaban J connectivity index is 1.06. The van der Waals surface area contributed by atoms with Gasteiger partial charge in [0.1, 0.15) is 11.2 Å². The minimum Gasteiger partial charge on any atom is -0.456 e. The third kappa shape index (κ3) is 4.50. The molecule has 0 spiro atoms. The molecule has 0 radical (unpaired) electrons. The van der Waals surface area contributed by atoms with Crippen molar-refractivity contribution in [2.45, 2.75) is 0 Å². The highest BCUT2D eigenvalue weighted by Crippen LogP contribution is 2.41. The van der Waals surface area contributed by atoms with Gasteiger partial charge in [0.05, 0.1) is 22.1 Å². The molecule has 0 aliphatic rings. The summed E-state index contributed by atoms with van der Waals surface area (Å²) < 4.78 is 11.2. The molecule has 0 N–H and O–H groups in total. The van der Waals surface area contributed by atoms with E-state index in [1.54, 1.807) is 0 Å². The smallest absolute Gasteiger partial charge is 0.137 e. The van der Waals surface area contributed by atoms with Crippen molar-refractivity contribution in [2.75, 3.05) is 0 Å². The Morgan fingerprint density at radius 2 is 0.891 bits per heavy atom. The van der Waals surface area contributed by atoms with Crippen LogP contribution in [0.3, 0.4) is 0 Å².